The van der Waals surface area contributed by atoms with Crippen molar-refractivity contribution in [1.82, 2.24) is 15.1 Å². The smallest absolute Gasteiger partial charge is 0.0954 e. The van der Waals surface area contributed by atoms with Gasteiger partial charge < -0.3 is 14.5 Å². The van der Waals surface area contributed by atoms with E-state index in [4.69, 9.17) is 9.15 Å². The molecule has 0 aliphatic carbocycles. The fourth-order valence-corrected chi connectivity index (χ4v) is 2.56. The first-order valence-electron chi connectivity index (χ1n) is 6.23. The third-order valence-electron chi connectivity index (χ3n) is 2.90. The van der Waals surface area contributed by atoms with Crippen LogP contribution in [0.2, 0.25) is 0 Å². The minimum atomic E-state index is 0.0532. The highest BCUT2D eigenvalue weighted by Crippen LogP contribution is 2.28. The van der Waals surface area contributed by atoms with Crippen LogP contribution in [0.3, 0.4) is 0 Å². The van der Waals surface area contributed by atoms with E-state index >= 15 is 0 Å². The Labute approximate surface area is 121 Å². The van der Waals surface area contributed by atoms with Crippen molar-refractivity contribution in [2.45, 2.75) is 19.5 Å². The quantitative estimate of drug-likeness (QED) is 0.849. The molecule has 6 heteroatoms. The molecule has 0 bridgehead atoms. The summed E-state index contributed by atoms with van der Waals surface area (Å²) in [6.07, 6.45) is 5.26. The second-order valence-corrected chi connectivity index (χ2v) is 5.00. The molecular formula is C13H18BrN3O2. The molecule has 0 radical (unpaired) electrons. The number of nitrogens with zero attached hydrogens (tertiary/aromatic N) is 2. The van der Waals surface area contributed by atoms with Crippen LogP contribution < -0.4 is 5.32 Å². The third-order valence-corrected chi connectivity index (χ3v) is 3.51. The van der Waals surface area contributed by atoms with Crippen LogP contribution in [-0.4, -0.2) is 30.0 Å². The van der Waals surface area contributed by atoms with Gasteiger partial charge in [-0.3, -0.25) is 4.68 Å². The maximum Gasteiger partial charge on any atom is 0.0954 e. The van der Waals surface area contributed by atoms with E-state index in [1.165, 1.54) is 0 Å². The number of halogens is 1. The predicted molar refractivity (Wildman–Crippen MR) is 76.0 cm³/mol. The number of rotatable bonds is 7. The van der Waals surface area contributed by atoms with Crippen molar-refractivity contribution in [2.75, 3.05) is 20.3 Å². The Morgan fingerprint density at radius 3 is 3.05 bits per heavy atom. The largest absolute Gasteiger partial charge is 0.472 e. The second kappa shape index (κ2) is 6.88. The molecule has 0 fully saturated rings. The van der Waals surface area contributed by atoms with Crippen molar-refractivity contribution >= 4 is 15.9 Å². The molecular weight excluding hydrogens is 310 g/mol. The van der Waals surface area contributed by atoms with Crippen molar-refractivity contribution in [1.29, 1.82) is 0 Å². The molecule has 1 unspecified atom stereocenters. The number of ether oxygens (including phenoxy) is 1. The number of nitrogens with one attached hydrogen (secondary N) is 1. The predicted octanol–water partition coefficient (Wildman–Crippen LogP) is 2.58. The van der Waals surface area contributed by atoms with Crippen LogP contribution in [0.25, 0.3) is 0 Å². The number of methoxy groups -OCH3 is 1. The van der Waals surface area contributed by atoms with E-state index in [-0.39, 0.29) is 6.04 Å². The highest BCUT2D eigenvalue weighted by molar-refractivity contribution is 9.10. The maximum atomic E-state index is 5.19. The minimum Gasteiger partial charge on any atom is -0.472 e. The molecule has 0 saturated heterocycles. The van der Waals surface area contributed by atoms with E-state index in [1.807, 2.05) is 16.9 Å². The Morgan fingerprint density at radius 2 is 2.42 bits per heavy atom. The first kappa shape index (κ1) is 14.3. The van der Waals surface area contributed by atoms with E-state index in [0.717, 1.165) is 28.8 Å². The van der Waals surface area contributed by atoms with Crippen LogP contribution in [0.4, 0.5) is 0 Å². The van der Waals surface area contributed by atoms with E-state index in [2.05, 4.69) is 33.3 Å². The Bertz CT molecular complexity index is 496. The average Bonchev–Trinajstić information content (AvgIpc) is 3.04. The lowest BCUT2D eigenvalue weighted by Gasteiger charge is -2.19. The van der Waals surface area contributed by atoms with E-state index in [9.17, 15) is 0 Å². The Morgan fingerprint density at radius 1 is 1.58 bits per heavy atom. The molecule has 1 N–H and O–H groups in total. The lowest BCUT2D eigenvalue weighted by molar-refractivity contribution is 0.182. The monoisotopic (exact) mass is 327 g/mol. The third kappa shape index (κ3) is 3.26. The minimum absolute atomic E-state index is 0.0532. The zero-order valence-electron chi connectivity index (χ0n) is 11.1. The molecule has 0 saturated carbocycles. The summed E-state index contributed by atoms with van der Waals surface area (Å²) in [6, 6.07) is 2.02. The number of hydrogen-bond donors (Lipinski definition) is 1. The molecule has 2 aromatic heterocycles. The Balaban J connectivity index is 2.33. The summed E-state index contributed by atoms with van der Waals surface area (Å²) in [4.78, 5) is 0. The topological polar surface area (TPSA) is 52.2 Å². The van der Waals surface area contributed by atoms with Gasteiger partial charge in [0.25, 0.3) is 0 Å². The van der Waals surface area contributed by atoms with E-state index in [1.54, 1.807) is 19.6 Å². The number of furan rings is 1. The highest BCUT2D eigenvalue weighted by Gasteiger charge is 2.21. The molecule has 0 amide bonds. The number of aromatic nitrogens is 2. The van der Waals surface area contributed by atoms with Crippen molar-refractivity contribution in [3.63, 3.8) is 0 Å². The molecule has 2 heterocycles. The van der Waals surface area contributed by atoms with Crippen LogP contribution in [0.1, 0.15) is 24.2 Å². The van der Waals surface area contributed by atoms with Gasteiger partial charge in [-0.1, -0.05) is 6.92 Å². The van der Waals surface area contributed by atoms with Crippen LogP contribution in [-0.2, 0) is 11.3 Å². The van der Waals surface area contributed by atoms with E-state index in [0.29, 0.717) is 6.61 Å². The second-order valence-electron chi connectivity index (χ2n) is 4.14. The first-order valence-corrected chi connectivity index (χ1v) is 7.02. The van der Waals surface area contributed by atoms with Gasteiger partial charge in [-0.05, 0) is 28.5 Å². The molecule has 2 aromatic rings. The Hall–Kier alpha value is -1.11. The highest BCUT2D eigenvalue weighted by atomic mass is 79.9. The van der Waals surface area contributed by atoms with Gasteiger partial charge in [0.15, 0.2) is 0 Å². The van der Waals surface area contributed by atoms with Crippen LogP contribution in [0.5, 0.6) is 0 Å². The van der Waals surface area contributed by atoms with Gasteiger partial charge in [0, 0.05) is 12.7 Å². The van der Waals surface area contributed by atoms with E-state index < -0.39 is 0 Å². The average molecular weight is 328 g/mol. The van der Waals surface area contributed by atoms with Crippen molar-refractivity contribution in [3.8, 4) is 0 Å². The standard InChI is InChI=1S/C13H18BrN3O2/c1-3-15-12(10-4-6-19-9-10)13-11(14)8-16-17(13)5-7-18-2/h4,6,8-9,12,15H,3,5,7H2,1-2H3. The fourth-order valence-electron chi connectivity index (χ4n) is 2.03. The summed E-state index contributed by atoms with van der Waals surface area (Å²) in [7, 11) is 1.69. The molecule has 5 nitrogen and oxygen atoms in total. The zero-order chi connectivity index (χ0) is 13.7. The van der Waals surface area contributed by atoms with Gasteiger partial charge in [0.05, 0.1) is 48.1 Å². The SMILES string of the molecule is CCNC(c1ccoc1)c1c(Br)cnn1CCOC. The first-order chi connectivity index (χ1) is 9.27. The van der Waals surface area contributed by atoms with Gasteiger partial charge >= 0.3 is 0 Å². The van der Waals surface area contributed by atoms with Gasteiger partial charge in [0.2, 0.25) is 0 Å². The Kier molecular flexibility index (Phi) is 5.18. The molecule has 2 rings (SSSR count). The summed E-state index contributed by atoms with van der Waals surface area (Å²) in [5.74, 6) is 0. The summed E-state index contributed by atoms with van der Waals surface area (Å²) in [5.41, 5.74) is 2.17. The van der Waals surface area contributed by atoms with Gasteiger partial charge in [-0.2, -0.15) is 5.10 Å². The van der Waals surface area contributed by atoms with Gasteiger partial charge in [0.1, 0.15) is 0 Å². The summed E-state index contributed by atoms with van der Waals surface area (Å²) in [6.45, 7) is 4.29. The molecule has 0 aliphatic heterocycles. The molecule has 19 heavy (non-hydrogen) atoms. The summed E-state index contributed by atoms with van der Waals surface area (Å²) in [5, 5.41) is 7.84. The molecule has 1 atom stereocenters. The molecule has 0 spiro atoms. The van der Waals surface area contributed by atoms with Crippen molar-refractivity contribution < 1.29 is 9.15 Å². The van der Waals surface area contributed by atoms with Crippen molar-refractivity contribution in [3.05, 3.63) is 40.5 Å². The van der Waals surface area contributed by atoms with Crippen LogP contribution in [0, 0.1) is 0 Å². The maximum absolute atomic E-state index is 5.19. The molecule has 104 valence electrons. The number of hydrogen-bond acceptors (Lipinski definition) is 4. The summed E-state index contributed by atoms with van der Waals surface area (Å²) >= 11 is 3.57. The lowest BCUT2D eigenvalue weighted by atomic mass is 10.1. The fraction of sp³-hybridized carbons (Fsp3) is 0.462. The van der Waals surface area contributed by atoms with Crippen LogP contribution in [0.15, 0.2) is 33.7 Å². The van der Waals surface area contributed by atoms with Gasteiger partial charge in [-0.15, -0.1) is 0 Å². The summed E-state index contributed by atoms with van der Waals surface area (Å²) < 4.78 is 13.3. The van der Waals surface area contributed by atoms with Crippen molar-refractivity contribution in [2.24, 2.45) is 0 Å². The molecule has 0 aliphatic rings. The van der Waals surface area contributed by atoms with Crippen LogP contribution >= 0.6 is 15.9 Å². The zero-order valence-corrected chi connectivity index (χ0v) is 12.7. The lowest BCUT2D eigenvalue weighted by Crippen LogP contribution is -2.25. The van der Waals surface area contributed by atoms with Gasteiger partial charge in [-0.25, -0.2) is 0 Å². The normalized spacial score (nSPS) is 12.8. The molecule has 0 aromatic carbocycles.